The molecular weight excluding hydrogens is 359 g/mol. The Balaban J connectivity index is 1.70. The minimum atomic E-state index is -0.419. The summed E-state index contributed by atoms with van der Waals surface area (Å²) in [5.41, 5.74) is 1.87. The van der Waals surface area contributed by atoms with Crippen LogP contribution >= 0.6 is 0 Å². The lowest BCUT2D eigenvalue weighted by Crippen LogP contribution is -2.51. The Morgan fingerprint density at radius 3 is 2.89 bits per heavy atom. The summed E-state index contributed by atoms with van der Waals surface area (Å²) in [6.07, 6.45) is 2.63. The second kappa shape index (κ2) is 7.24. The third-order valence-electron chi connectivity index (χ3n) is 5.11. The van der Waals surface area contributed by atoms with E-state index in [-0.39, 0.29) is 11.9 Å². The van der Waals surface area contributed by atoms with Crippen molar-refractivity contribution in [1.82, 2.24) is 20.1 Å². The number of aromatic amines is 1. The molecule has 1 saturated heterocycles. The standard InChI is InChI=1S/C20H23FN6O/c1-12(2)28-18-7-14-16(8-15(18)21)24-25-20(14)17-9-19(23-11-22-17)27-6-5-26(4)13(3)10-27/h7-9,12-13H,5-6,10H2,1-4H3/p+1. The van der Waals surface area contributed by atoms with Gasteiger partial charge in [0.1, 0.15) is 5.69 Å². The lowest BCUT2D eigenvalue weighted by atomic mass is 10.1. The number of anilines is 1. The fourth-order valence-electron chi connectivity index (χ4n) is 3.41. The Morgan fingerprint density at radius 2 is 2.14 bits per heavy atom. The van der Waals surface area contributed by atoms with E-state index in [1.54, 1.807) is 6.07 Å². The molecule has 3 aromatic rings. The maximum absolute atomic E-state index is 14.3. The van der Waals surface area contributed by atoms with Crippen LogP contribution in [0.4, 0.5) is 10.2 Å². The molecule has 0 amide bonds. The van der Waals surface area contributed by atoms with Gasteiger partial charge in [0, 0.05) is 24.0 Å². The number of fused-ring (bicyclic) bond motifs is 1. The van der Waals surface area contributed by atoms with Crippen LogP contribution in [0.15, 0.2) is 18.2 Å². The number of ether oxygens (including phenoxy) is 1. The second-order valence-corrected chi connectivity index (χ2v) is 7.55. The zero-order valence-electron chi connectivity index (χ0n) is 16.5. The number of benzene rings is 1. The van der Waals surface area contributed by atoms with Gasteiger partial charge < -0.3 is 4.74 Å². The topological polar surface area (TPSA) is 71.4 Å². The average molecular weight is 383 g/mol. The predicted octanol–water partition coefficient (Wildman–Crippen LogP) is 2.09. The number of halogens is 1. The molecule has 2 aromatic heterocycles. The molecule has 1 atom stereocenters. The summed E-state index contributed by atoms with van der Waals surface area (Å²) in [4.78, 5) is 13.2. The molecular formula is C20H24FN6O+. The van der Waals surface area contributed by atoms with Crippen molar-refractivity contribution < 1.29 is 14.1 Å². The van der Waals surface area contributed by atoms with Crippen LogP contribution in [-0.2, 0) is 0 Å². The molecule has 1 aliphatic heterocycles. The van der Waals surface area contributed by atoms with Crippen LogP contribution < -0.4 is 14.6 Å². The number of rotatable bonds is 4. The van der Waals surface area contributed by atoms with Crippen molar-refractivity contribution in [3.8, 4) is 17.1 Å². The molecule has 7 nitrogen and oxygen atoms in total. The Bertz CT molecular complexity index is 988. The van der Waals surface area contributed by atoms with Gasteiger partial charge >= 0.3 is 12.1 Å². The van der Waals surface area contributed by atoms with Crippen molar-refractivity contribution in [3.63, 3.8) is 0 Å². The van der Waals surface area contributed by atoms with Crippen molar-refractivity contribution >= 4 is 16.7 Å². The lowest BCUT2D eigenvalue weighted by Gasteiger charge is -2.34. The Labute approximate surface area is 163 Å². The second-order valence-electron chi connectivity index (χ2n) is 7.55. The van der Waals surface area contributed by atoms with E-state index in [1.165, 1.54) is 6.07 Å². The zero-order valence-corrected chi connectivity index (χ0v) is 16.5. The number of H-pyrrole nitrogens is 1. The minimum absolute atomic E-state index is 0.125. The maximum Gasteiger partial charge on any atom is 0.344 e. The van der Waals surface area contributed by atoms with E-state index in [2.05, 4.69) is 50.3 Å². The van der Waals surface area contributed by atoms with Gasteiger partial charge in [0.05, 0.1) is 30.8 Å². The van der Waals surface area contributed by atoms with E-state index >= 15 is 0 Å². The highest BCUT2D eigenvalue weighted by Crippen LogP contribution is 2.31. The molecule has 0 bridgehead atoms. The molecule has 0 saturated carbocycles. The summed E-state index contributed by atoms with van der Waals surface area (Å²) in [6, 6.07) is 5.43. The first-order chi connectivity index (χ1) is 13.4. The van der Waals surface area contributed by atoms with E-state index < -0.39 is 5.82 Å². The Morgan fingerprint density at radius 1 is 1.32 bits per heavy atom. The van der Waals surface area contributed by atoms with E-state index in [4.69, 9.17) is 4.74 Å². The molecule has 1 N–H and O–H groups in total. The molecule has 1 fully saturated rings. The van der Waals surface area contributed by atoms with E-state index in [0.717, 1.165) is 30.8 Å². The van der Waals surface area contributed by atoms with Crippen LogP contribution in [0.5, 0.6) is 5.75 Å². The Hall–Kier alpha value is -2.92. The van der Waals surface area contributed by atoms with Gasteiger partial charge in [-0.2, -0.15) is 10.1 Å². The molecule has 0 aliphatic carbocycles. The number of nitrogens with zero attached hydrogens (tertiary/aromatic N) is 5. The summed E-state index contributed by atoms with van der Waals surface area (Å²) < 4.78 is 19.8. The number of aromatic nitrogens is 4. The van der Waals surface area contributed by atoms with Crippen LogP contribution in [0.25, 0.3) is 22.3 Å². The first kappa shape index (κ1) is 18.4. The van der Waals surface area contributed by atoms with Gasteiger partial charge in [-0.3, -0.25) is 14.9 Å². The highest BCUT2D eigenvalue weighted by molar-refractivity contribution is 5.93. The van der Waals surface area contributed by atoms with Crippen LogP contribution in [-0.4, -0.2) is 58.9 Å². The largest absolute Gasteiger partial charge is 0.488 e. The summed E-state index contributed by atoms with van der Waals surface area (Å²) in [6.45, 7) is 8.68. The van der Waals surface area contributed by atoms with E-state index in [1.807, 2.05) is 19.9 Å². The molecule has 8 heteroatoms. The van der Waals surface area contributed by atoms with Gasteiger partial charge in [-0.15, -0.1) is 0 Å². The summed E-state index contributed by atoms with van der Waals surface area (Å²) in [5.74, 6) is 0.607. The van der Waals surface area contributed by atoms with Gasteiger partial charge in [0.15, 0.2) is 17.3 Å². The first-order valence-corrected chi connectivity index (χ1v) is 9.47. The minimum Gasteiger partial charge on any atom is -0.488 e. The van der Waals surface area contributed by atoms with Crippen LogP contribution in [0.2, 0.25) is 0 Å². The first-order valence-electron chi connectivity index (χ1n) is 9.47. The summed E-state index contributed by atoms with van der Waals surface area (Å²) in [5, 5.41) is 7.99. The predicted molar refractivity (Wildman–Crippen MR) is 104 cm³/mol. The third-order valence-corrected chi connectivity index (χ3v) is 5.11. The monoisotopic (exact) mass is 383 g/mol. The molecule has 3 heterocycles. The molecule has 146 valence electrons. The highest BCUT2D eigenvalue weighted by atomic mass is 19.1. The Kier molecular flexibility index (Phi) is 4.77. The number of likely N-dealkylation sites (N-methyl/N-ethyl adjacent to an activating group) is 1. The van der Waals surface area contributed by atoms with Crippen molar-refractivity contribution in [1.29, 1.82) is 0 Å². The van der Waals surface area contributed by atoms with Crippen molar-refractivity contribution in [3.05, 3.63) is 30.3 Å². The van der Waals surface area contributed by atoms with Crippen molar-refractivity contribution in [2.24, 2.45) is 0 Å². The highest BCUT2D eigenvalue weighted by Gasteiger charge is 2.27. The zero-order chi connectivity index (χ0) is 19.8. The number of piperazine rings is 1. The number of nitrogens with one attached hydrogen (secondary N) is 1. The van der Waals surface area contributed by atoms with E-state index in [9.17, 15) is 4.39 Å². The maximum atomic E-state index is 14.3. The molecule has 1 aliphatic rings. The van der Waals surface area contributed by atoms with E-state index in [0.29, 0.717) is 22.9 Å². The quantitative estimate of drug-likeness (QED) is 0.744. The summed E-state index contributed by atoms with van der Waals surface area (Å²) in [7, 11) is 2.13. The summed E-state index contributed by atoms with van der Waals surface area (Å²) >= 11 is 0. The SMILES string of the molecule is CC(C)Oc1cc2c(-c3cc(N4CCN(C)C(C)C4)[n+]#cn3)n[nH]c2cc1F. The third kappa shape index (κ3) is 3.45. The molecule has 28 heavy (non-hydrogen) atoms. The van der Waals surface area contributed by atoms with Gasteiger partial charge in [0.2, 0.25) is 0 Å². The van der Waals surface area contributed by atoms with Crippen molar-refractivity contribution in [2.75, 3.05) is 31.6 Å². The fraction of sp³-hybridized carbons (Fsp3) is 0.450. The smallest absolute Gasteiger partial charge is 0.344 e. The van der Waals surface area contributed by atoms with Crippen LogP contribution in [0, 0.1) is 12.1 Å². The van der Waals surface area contributed by atoms with Gasteiger partial charge in [0.25, 0.3) is 0 Å². The van der Waals surface area contributed by atoms with Crippen LogP contribution in [0.3, 0.4) is 0 Å². The van der Waals surface area contributed by atoms with Gasteiger partial charge in [-0.1, -0.05) is 0 Å². The number of hydrogen-bond donors (Lipinski definition) is 1. The molecule has 0 radical (unpaired) electrons. The molecule has 1 aromatic carbocycles. The van der Waals surface area contributed by atoms with Crippen molar-refractivity contribution in [2.45, 2.75) is 32.9 Å². The normalized spacial score (nSPS) is 17.9. The molecule has 0 spiro atoms. The van der Waals surface area contributed by atoms with Gasteiger partial charge in [-0.05, 0) is 38.9 Å². The fourth-order valence-corrected chi connectivity index (χ4v) is 3.41. The average Bonchev–Trinajstić information content (AvgIpc) is 3.06. The molecule has 1 unspecified atom stereocenters. The van der Waals surface area contributed by atoms with Crippen LogP contribution in [0.1, 0.15) is 20.8 Å². The molecule has 4 rings (SSSR count). The number of hydrogen-bond acceptors (Lipinski definition) is 5. The van der Waals surface area contributed by atoms with Gasteiger partial charge in [-0.25, -0.2) is 4.39 Å². The lowest BCUT2D eigenvalue weighted by molar-refractivity contribution is -0.283.